The maximum absolute atomic E-state index is 11.6. The summed E-state index contributed by atoms with van der Waals surface area (Å²) in [6.07, 6.45) is 3.72. The summed E-state index contributed by atoms with van der Waals surface area (Å²) in [4.78, 5) is 11.6. The van der Waals surface area contributed by atoms with Gasteiger partial charge in [0, 0.05) is 0 Å². The van der Waals surface area contributed by atoms with Crippen LogP contribution in [0.25, 0.3) is 0 Å². The minimum atomic E-state index is -0.175. The highest BCUT2D eigenvalue weighted by Gasteiger charge is 2.53. The number of esters is 1. The molecule has 1 heterocycles. The van der Waals surface area contributed by atoms with Crippen LogP contribution >= 0.6 is 0 Å². The number of benzene rings is 1. The molecule has 1 aromatic rings. The van der Waals surface area contributed by atoms with Gasteiger partial charge >= 0.3 is 5.97 Å². The summed E-state index contributed by atoms with van der Waals surface area (Å²) in [5.74, 6) is 0.0855. The van der Waals surface area contributed by atoms with Crippen LogP contribution in [0.1, 0.15) is 38.7 Å². The molecule has 0 N–H and O–H groups in total. The molecule has 1 aliphatic rings. The molecule has 1 saturated heterocycles. The molecular formula is C15H20O2. The van der Waals surface area contributed by atoms with E-state index in [-0.39, 0.29) is 17.5 Å². The Labute approximate surface area is 103 Å². The second kappa shape index (κ2) is 4.91. The van der Waals surface area contributed by atoms with Gasteiger partial charge in [-0.15, -0.1) is 0 Å². The van der Waals surface area contributed by atoms with E-state index < -0.39 is 0 Å². The van der Waals surface area contributed by atoms with Crippen molar-refractivity contribution in [3.8, 4) is 0 Å². The molecule has 2 rings (SSSR count). The highest BCUT2D eigenvalue weighted by atomic mass is 16.6. The van der Waals surface area contributed by atoms with E-state index in [0.29, 0.717) is 0 Å². The fourth-order valence-corrected chi connectivity index (χ4v) is 2.72. The van der Waals surface area contributed by atoms with Crippen molar-refractivity contribution in [2.75, 3.05) is 0 Å². The van der Waals surface area contributed by atoms with Crippen molar-refractivity contribution in [1.29, 1.82) is 0 Å². The quantitative estimate of drug-likeness (QED) is 0.728. The van der Waals surface area contributed by atoms with E-state index in [4.69, 9.17) is 4.74 Å². The molecule has 2 nitrogen and oxygen atoms in total. The van der Waals surface area contributed by atoms with Crippen LogP contribution in [0.4, 0.5) is 0 Å². The number of ether oxygens (including phenoxy) is 1. The van der Waals surface area contributed by atoms with Gasteiger partial charge in [-0.1, -0.05) is 44.2 Å². The number of hydrogen-bond acceptors (Lipinski definition) is 2. The third-order valence-electron chi connectivity index (χ3n) is 3.98. The smallest absolute Gasteiger partial charge is 0.313 e. The van der Waals surface area contributed by atoms with Gasteiger partial charge in [-0.2, -0.15) is 0 Å². The van der Waals surface area contributed by atoms with Crippen molar-refractivity contribution >= 4 is 5.97 Å². The summed E-state index contributed by atoms with van der Waals surface area (Å²) in [5, 5.41) is 0. The van der Waals surface area contributed by atoms with Gasteiger partial charge in [-0.25, -0.2) is 0 Å². The van der Waals surface area contributed by atoms with Crippen molar-refractivity contribution in [3.05, 3.63) is 35.9 Å². The molecule has 0 saturated carbocycles. The van der Waals surface area contributed by atoms with Crippen LogP contribution < -0.4 is 0 Å². The van der Waals surface area contributed by atoms with Crippen molar-refractivity contribution in [3.63, 3.8) is 0 Å². The van der Waals surface area contributed by atoms with Crippen LogP contribution in [0.5, 0.6) is 0 Å². The van der Waals surface area contributed by atoms with Crippen LogP contribution in [0, 0.1) is 5.92 Å². The first-order chi connectivity index (χ1) is 8.22. The normalized spacial score (nSPS) is 21.8. The maximum Gasteiger partial charge on any atom is 0.313 e. The SMILES string of the molecule is CCC1(CC)OC(=O)C1CCc1ccccc1. The second-order valence-corrected chi connectivity index (χ2v) is 4.77. The zero-order chi connectivity index (χ0) is 12.3. The zero-order valence-electron chi connectivity index (χ0n) is 10.6. The van der Waals surface area contributed by atoms with Crippen LogP contribution in [0.3, 0.4) is 0 Å². The van der Waals surface area contributed by atoms with E-state index in [1.54, 1.807) is 0 Å². The number of rotatable bonds is 5. The van der Waals surface area contributed by atoms with E-state index in [2.05, 4.69) is 26.0 Å². The first-order valence-electron chi connectivity index (χ1n) is 6.48. The number of carbonyl (C=O) groups is 1. The molecule has 92 valence electrons. The van der Waals surface area contributed by atoms with E-state index in [1.165, 1.54) is 5.56 Å². The Morgan fingerprint density at radius 2 is 1.82 bits per heavy atom. The monoisotopic (exact) mass is 232 g/mol. The third-order valence-corrected chi connectivity index (χ3v) is 3.98. The van der Waals surface area contributed by atoms with Gasteiger partial charge in [0.2, 0.25) is 0 Å². The first kappa shape index (κ1) is 12.2. The maximum atomic E-state index is 11.6. The molecule has 1 aromatic carbocycles. The Balaban J connectivity index is 1.96. The number of aryl methyl sites for hydroxylation is 1. The lowest BCUT2D eigenvalue weighted by atomic mass is 9.75. The van der Waals surface area contributed by atoms with Gasteiger partial charge in [0.15, 0.2) is 0 Å². The molecular weight excluding hydrogens is 212 g/mol. The lowest BCUT2D eigenvalue weighted by Gasteiger charge is -2.47. The zero-order valence-corrected chi connectivity index (χ0v) is 10.6. The molecule has 0 aliphatic carbocycles. The van der Waals surface area contributed by atoms with Crippen molar-refractivity contribution < 1.29 is 9.53 Å². The fourth-order valence-electron chi connectivity index (χ4n) is 2.72. The molecule has 1 aliphatic heterocycles. The fraction of sp³-hybridized carbons (Fsp3) is 0.533. The minimum absolute atomic E-state index is 0.00960. The van der Waals surface area contributed by atoms with Crippen molar-refractivity contribution in [1.82, 2.24) is 0 Å². The number of cyclic esters (lactones) is 1. The van der Waals surface area contributed by atoms with E-state index >= 15 is 0 Å². The van der Waals surface area contributed by atoms with Gasteiger partial charge in [-0.05, 0) is 31.2 Å². The highest BCUT2D eigenvalue weighted by Crippen LogP contribution is 2.42. The van der Waals surface area contributed by atoms with Gasteiger partial charge in [-0.3, -0.25) is 4.79 Å². The van der Waals surface area contributed by atoms with Gasteiger partial charge in [0.1, 0.15) is 5.60 Å². The molecule has 2 heteroatoms. The molecule has 0 bridgehead atoms. The number of hydrogen-bond donors (Lipinski definition) is 0. The molecule has 0 spiro atoms. The number of carbonyl (C=O) groups excluding carboxylic acids is 1. The van der Waals surface area contributed by atoms with Gasteiger partial charge in [0.05, 0.1) is 5.92 Å². The molecule has 1 fully saturated rings. The Morgan fingerprint density at radius 3 is 2.35 bits per heavy atom. The largest absolute Gasteiger partial charge is 0.458 e. The highest BCUT2D eigenvalue weighted by molar-refractivity contribution is 5.80. The van der Waals surface area contributed by atoms with Crippen LogP contribution in [-0.2, 0) is 16.0 Å². The summed E-state index contributed by atoms with van der Waals surface area (Å²) in [6, 6.07) is 10.3. The van der Waals surface area contributed by atoms with Crippen LogP contribution in [0.2, 0.25) is 0 Å². The van der Waals surface area contributed by atoms with Crippen LogP contribution in [-0.4, -0.2) is 11.6 Å². The topological polar surface area (TPSA) is 26.3 Å². The van der Waals surface area contributed by atoms with E-state index in [0.717, 1.165) is 25.7 Å². The summed E-state index contributed by atoms with van der Waals surface area (Å²) in [5.41, 5.74) is 1.12. The summed E-state index contributed by atoms with van der Waals surface area (Å²) >= 11 is 0. The first-order valence-corrected chi connectivity index (χ1v) is 6.48. The van der Waals surface area contributed by atoms with E-state index in [1.807, 2.05) is 18.2 Å². The standard InChI is InChI=1S/C15H20O2/c1-3-15(4-2)13(14(16)17-15)11-10-12-8-6-5-7-9-12/h5-9,13H,3-4,10-11H2,1-2H3. The average molecular weight is 232 g/mol. The molecule has 0 radical (unpaired) electrons. The Bertz CT molecular complexity index is 379. The Kier molecular flexibility index (Phi) is 3.51. The van der Waals surface area contributed by atoms with Crippen molar-refractivity contribution in [2.24, 2.45) is 5.92 Å². The lowest BCUT2D eigenvalue weighted by molar-refractivity contribution is -0.215. The molecule has 17 heavy (non-hydrogen) atoms. The second-order valence-electron chi connectivity index (χ2n) is 4.77. The van der Waals surface area contributed by atoms with Gasteiger partial charge in [0.25, 0.3) is 0 Å². The Morgan fingerprint density at radius 1 is 1.18 bits per heavy atom. The molecule has 1 atom stereocenters. The molecule has 0 amide bonds. The summed E-state index contributed by atoms with van der Waals surface area (Å²) in [6.45, 7) is 4.21. The predicted molar refractivity (Wildman–Crippen MR) is 67.7 cm³/mol. The molecule has 1 unspecified atom stereocenters. The van der Waals surface area contributed by atoms with Crippen molar-refractivity contribution in [2.45, 2.75) is 45.1 Å². The predicted octanol–water partition coefficient (Wildman–Crippen LogP) is 3.35. The third kappa shape index (κ3) is 2.21. The Hall–Kier alpha value is -1.31. The molecule has 0 aromatic heterocycles. The van der Waals surface area contributed by atoms with Gasteiger partial charge < -0.3 is 4.74 Å². The average Bonchev–Trinajstić information content (AvgIpc) is 2.37. The minimum Gasteiger partial charge on any atom is -0.458 e. The lowest BCUT2D eigenvalue weighted by Crippen LogP contribution is -2.56. The summed E-state index contributed by atoms with van der Waals surface area (Å²) in [7, 11) is 0. The van der Waals surface area contributed by atoms with Crippen LogP contribution in [0.15, 0.2) is 30.3 Å². The summed E-state index contributed by atoms with van der Waals surface area (Å²) < 4.78 is 5.39. The van der Waals surface area contributed by atoms with E-state index in [9.17, 15) is 4.79 Å².